The van der Waals surface area contributed by atoms with Crippen molar-refractivity contribution in [2.45, 2.75) is 31.0 Å². The van der Waals surface area contributed by atoms with Crippen LogP contribution in [-0.4, -0.2) is 5.60 Å². The van der Waals surface area contributed by atoms with Gasteiger partial charge in [-0.3, -0.25) is 0 Å². The molecule has 1 unspecified atom stereocenters. The average molecular weight is 239 g/mol. The van der Waals surface area contributed by atoms with E-state index in [0.717, 1.165) is 4.47 Å². The summed E-state index contributed by atoms with van der Waals surface area (Å²) >= 11 is 3.48. The van der Waals surface area contributed by atoms with E-state index >= 15 is 0 Å². The molecule has 1 aliphatic heterocycles. The first-order valence-corrected chi connectivity index (χ1v) is 5.53. The van der Waals surface area contributed by atoms with Crippen molar-refractivity contribution in [2.75, 3.05) is 0 Å². The third kappa shape index (κ3) is 1.16. The Balaban J connectivity index is 1.87. The second-order valence-electron chi connectivity index (χ2n) is 3.97. The van der Waals surface area contributed by atoms with Crippen molar-refractivity contribution in [1.29, 1.82) is 0 Å². The third-order valence-corrected chi connectivity index (χ3v) is 3.62. The van der Waals surface area contributed by atoms with Crippen LogP contribution >= 0.6 is 15.9 Å². The summed E-state index contributed by atoms with van der Waals surface area (Å²) in [7, 11) is 0. The number of rotatable bonds is 1. The topological polar surface area (TPSA) is 12.5 Å². The van der Waals surface area contributed by atoms with Gasteiger partial charge in [-0.1, -0.05) is 28.1 Å². The number of ether oxygens (including phenoxy) is 1. The lowest BCUT2D eigenvalue weighted by molar-refractivity contribution is 0.198. The number of hydrogen-bond donors (Lipinski definition) is 0. The molecule has 0 radical (unpaired) electrons. The van der Waals surface area contributed by atoms with E-state index in [-0.39, 0.29) is 5.60 Å². The van der Waals surface area contributed by atoms with E-state index in [4.69, 9.17) is 4.74 Å². The summed E-state index contributed by atoms with van der Waals surface area (Å²) in [6, 6.07) is 8.45. The van der Waals surface area contributed by atoms with Crippen LogP contribution in [0.15, 0.2) is 28.7 Å². The van der Waals surface area contributed by atoms with E-state index in [1.165, 1.54) is 24.8 Å². The molecule has 0 N–H and O–H groups in total. The molecule has 1 atom stereocenters. The zero-order valence-electron chi connectivity index (χ0n) is 7.29. The van der Waals surface area contributed by atoms with E-state index in [1.807, 2.05) is 0 Å². The Morgan fingerprint density at radius 1 is 1.38 bits per heavy atom. The highest BCUT2D eigenvalue weighted by Crippen LogP contribution is 2.61. The van der Waals surface area contributed by atoms with Gasteiger partial charge in [-0.25, -0.2) is 0 Å². The lowest BCUT2D eigenvalue weighted by atomic mass is 9.80. The molecule has 1 heterocycles. The van der Waals surface area contributed by atoms with E-state index in [2.05, 4.69) is 40.2 Å². The number of hydrogen-bond acceptors (Lipinski definition) is 1. The number of halogens is 1. The highest BCUT2D eigenvalue weighted by molar-refractivity contribution is 9.10. The molecule has 1 nitrogen and oxygen atoms in total. The first kappa shape index (κ1) is 8.01. The predicted octanol–water partition coefficient (Wildman–Crippen LogP) is 3.44. The Bertz CT molecular complexity index is 344. The van der Waals surface area contributed by atoms with Crippen LogP contribution in [0.5, 0.6) is 0 Å². The van der Waals surface area contributed by atoms with E-state index < -0.39 is 0 Å². The number of epoxide rings is 1. The summed E-state index contributed by atoms with van der Waals surface area (Å²) in [5.41, 5.74) is 1.59. The first-order chi connectivity index (χ1) is 6.30. The summed E-state index contributed by atoms with van der Waals surface area (Å²) in [5, 5.41) is 0. The molecule has 1 spiro atoms. The largest absolute Gasteiger partial charge is 0.361 e. The average Bonchev–Trinajstić information content (AvgIpc) is 2.77. The van der Waals surface area contributed by atoms with Crippen LogP contribution in [0, 0.1) is 0 Å². The van der Waals surface area contributed by atoms with Crippen LogP contribution < -0.4 is 0 Å². The molecule has 1 saturated heterocycles. The zero-order chi connectivity index (χ0) is 8.89. The van der Waals surface area contributed by atoms with Gasteiger partial charge in [-0.2, -0.15) is 0 Å². The van der Waals surface area contributed by atoms with Crippen molar-refractivity contribution in [3.63, 3.8) is 0 Å². The van der Waals surface area contributed by atoms with Crippen LogP contribution in [0.2, 0.25) is 0 Å². The Kier molecular flexibility index (Phi) is 1.59. The summed E-state index contributed by atoms with van der Waals surface area (Å²) in [4.78, 5) is 0. The van der Waals surface area contributed by atoms with Crippen molar-refractivity contribution in [3.8, 4) is 0 Å². The zero-order valence-corrected chi connectivity index (χ0v) is 8.88. The van der Waals surface area contributed by atoms with Crippen LogP contribution in [-0.2, 0) is 4.74 Å². The highest BCUT2D eigenvalue weighted by Gasteiger charge is 2.60. The maximum atomic E-state index is 5.76. The fraction of sp³-hybridized carbons (Fsp3) is 0.455. The monoisotopic (exact) mass is 238 g/mol. The molecule has 1 aliphatic carbocycles. The van der Waals surface area contributed by atoms with Crippen molar-refractivity contribution in [2.24, 2.45) is 0 Å². The van der Waals surface area contributed by atoms with Crippen LogP contribution in [0.1, 0.15) is 30.9 Å². The molecule has 2 fully saturated rings. The van der Waals surface area contributed by atoms with Crippen molar-refractivity contribution in [3.05, 3.63) is 34.3 Å². The summed E-state index contributed by atoms with van der Waals surface area (Å²) in [6.45, 7) is 0. The molecule has 13 heavy (non-hydrogen) atoms. The molecule has 1 saturated carbocycles. The fourth-order valence-corrected chi connectivity index (χ4v) is 2.56. The molecular weight excluding hydrogens is 228 g/mol. The Hall–Kier alpha value is -0.340. The van der Waals surface area contributed by atoms with Gasteiger partial charge in [0.05, 0.1) is 5.60 Å². The predicted molar refractivity (Wildman–Crippen MR) is 54.6 cm³/mol. The minimum Gasteiger partial charge on any atom is -0.361 e. The molecular formula is C11H11BrO. The minimum absolute atomic E-state index is 0.265. The number of benzene rings is 1. The van der Waals surface area contributed by atoms with Gasteiger partial charge in [-0.05, 0) is 37.0 Å². The third-order valence-electron chi connectivity index (χ3n) is 3.12. The first-order valence-electron chi connectivity index (χ1n) is 4.73. The molecule has 1 aromatic carbocycles. The van der Waals surface area contributed by atoms with Gasteiger partial charge in [0.1, 0.15) is 6.10 Å². The van der Waals surface area contributed by atoms with Crippen molar-refractivity contribution < 1.29 is 4.74 Å². The fourth-order valence-electron chi connectivity index (χ4n) is 2.15. The van der Waals surface area contributed by atoms with Crippen molar-refractivity contribution in [1.82, 2.24) is 0 Å². The maximum absolute atomic E-state index is 5.76. The minimum atomic E-state index is 0.265. The molecule has 1 aromatic rings. The molecule has 0 bridgehead atoms. The van der Waals surface area contributed by atoms with Crippen LogP contribution in [0.25, 0.3) is 0 Å². The molecule has 2 aliphatic rings. The van der Waals surface area contributed by atoms with Gasteiger partial charge in [0.2, 0.25) is 0 Å². The maximum Gasteiger partial charge on any atom is 0.112 e. The second-order valence-corrected chi connectivity index (χ2v) is 4.89. The van der Waals surface area contributed by atoms with Gasteiger partial charge in [0.25, 0.3) is 0 Å². The van der Waals surface area contributed by atoms with Gasteiger partial charge < -0.3 is 4.74 Å². The summed E-state index contributed by atoms with van der Waals surface area (Å²) < 4.78 is 6.91. The van der Waals surface area contributed by atoms with Crippen LogP contribution in [0.4, 0.5) is 0 Å². The van der Waals surface area contributed by atoms with Gasteiger partial charge in [0.15, 0.2) is 0 Å². The standard InChI is InChI=1S/C11H11BrO/c12-9-4-1-3-8(7-9)10-11(13-10)5-2-6-11/h1,3-4,7,10H,2,5-6H2. The quantitative estimate of drug-likeness (QED) is 0.684. The smallest absolute Gasteiger partial charge is 0.112 e. The van der Waals surface area contributed by atoms with Gasteiger partial charge in [-0.15, -0.1) is 0 Å². The van der Waals surface area contributed by atoms with Gasteiger partial charge >= 0.3 is 0 Å². The molecule has 0 aromatic heterocycles. The highest BCUT2D eigenvalue weighted by atomic mass is 79.9. The van der Waals surface area contributed by atoms with Crippen LogP contribution in [0.3, 0.4) is 0 Å². The SMILES string of the molecule is Brc1cccc(C2OC23CCC3)c1. The lowest BCUT2D eigenvalue weighted by Crippen LogP contribution is -2.22. The molecule has 3 rings (SSSR count). The van der Waals surface area contributed by atoms with Gasteiger partial charge in [0, 0.05) is 4.47 Å². The Morgan fingerprint density at radius 3 is 2.77 bits per heavy atom. The lowest BCUT2D eigenvalue weighted by Gasteiger charge is -2.21. The Labute approximate surface area is 86.2 Å². The molecule has 68 valence electrons. The Morgan fingerprint density at radius 2 is 2.23 bits per heavy atom. The van der Waals surface area contributed by atoms with Crippen molar-refractivity contribution >= 4 is 15.9 Å². The summed E-state index contributed by atoms with van der Waals surface area (Å²) in [5.74, 6) is 0. The summed E-state index contributed by atoms with van der Waals surface area (Å²) in [6.07, 6.45) is 4.23. The second kappa shape index (κ2) is 2.58. The van der Waals surface area contributed by atoms with E-state index in [9.17, 15) is 0 Å². The van der Waals surface area contributed by atoms with E-state index in [0.29, 0.717) is 6.10 Å². The molecule has 0 amide bonds. The molecule has 2 heteroatoms. The normalized spacial score (nSPS) is 28.5. The van der Waals surface area contributed by atoms with E-state index in [1.54, 1.807) is 0 Å².